The highest BCUT2D eigenvalue weighted by Gasteiger charge is 2.05. The van der Waals surface area contributed by atoms with Gasteiger partial charge in [-0.2, -0.15) is 0 Å². The van der Waals surface area contributed by atoms with Crippen LogP contribution in [0.2, 0.25) is 0 Å². The number of nitrogens with zero attached hydrogens (tertiary/aromatic N) is 2. The molecule has 2 aromatic rings. The number of ether oxygens (including phenoxy) is 1. The number of hydrogen-bond acceptors (Lipinski definition) is 4. The Morgan fingerprint density at radius 3 is 3.07 bits per heavy atom. The zero-order valence-corrected chi connectivity index (χ0v) is 8.62. The van der Waals surface area contributed by atoms with Crippen molar-refractivity contribution in [2.45, 2.75) is 6.61 Å². The Bertz CT molecular complexity index is 408. The molecule has 2 rings (SSSR count). The standard InChI is InChI=1S/C9H11N3OS/c1-12-5-8(10)9(11-12)13-6-7-3-2-4-14-7/h2-5H,6,10H2,1H3. The Kier molecular flexibility index (Phi) is 2.41. The molecule has 0 saturated heterocycles. The van der Waals surface area contributed by atoms with Gasteiger partial charge in [-0.05, 0) is 11.4 Å². The Labute approximate surface area is 85.9 Å². The molecule has 0 aromatic carbocycles. The summed E-state index contributed by atoms with van der Waals surface area (Å²) in [5.74, 6) is 0.501. The highest BCUT2D eigenvalue weighted by molar-refractivity contribution is 7.09. The lowest BCUT2D eigenvalue weighted by molar-refractivity contribution is 0.295. The van der Waals surface area contributed by atoms with Gasteiger partial charge in [0.1, 0.15) is 12.3 Å². The van der Waals surface area contributed by atoms with Crippen LogP contribution in [-0.2, 0) is 13.7 Å². The summed E-state index contributed by atoms with van der Waals surface area (Å²) in [6, 6.07) is 4.01. The Hall–Kier alpha value is -1.49. The molecule has 0 spiro atoms. The molecular weight excluding hydrogens is 198 g/mol. The number of nitrogens with two attached hydrogens (primary N) is 1. The van der Waals surface area contributed by atoms with Gasteiger partial charge in [-0.3, -0.25) is 4.68 Å². The third-order valence-corrected chi connectivity index (χ3v) is 2.60. The third-order valence-electron chi connectivity index (χ3n) is 1.75. The molecular formula is C9H11N3OS. The first-order valence-electron chi connectivity index (χ1n) is 4.20. The number of thiophene rings is 1. The van der Waals surface area contributed by atoms with Crippen LogP contribution in [0.3, 0.4) is 0 Å². The van der Waals surface area contributed by atoms with Crippen LogP contribution < -0.4 is 10.5 Å². The second-order valence-corrected chi connectivity index (χ2v) is 3.96. The van der Waals surface area contributed by atoms with Crippen LogP contribution in [0.25, 0.3) is 0 Å². The van der Waals surface area contributed by atoms with Crippen LogP contribution in [0.1, 0.15) is 4.88 Å². The predicted octanol–water partition coefficient (Wildman–Crippen LogP) is 1.64. The van der Waals surface area contributed by atoms with Gasteiger partial charge in [-0.15, -0.1) is 16.4 Å². The average molecular weight is 209 g/mol. The molecule has 0 bridgehead atoms. The van der Waals surface area contributed by atoms with Crippen molar-refractivity contribution in [1.29, 1.82) is 0 Å². The van der Waals surface area contributed by atoms with Gasteiger partial charge in [0.15, 0.2) is 0 Å². The first-order valence-corrected chi connectivity index (χ1v) is 5.08. The zero-order valence-electron chi connectivity index (χ0n) is 7.80. The molecule has 0 aliphatic carbocycles. The minimum absolute atomic E-state index is 0.501. The molecule has 2 heterocycles. The van der Waals surface area contributed by atoms with Gasteiger partial charge >= 0.3 is 0 Å². The molecule has 0 aliphatic heterocycles. The van der Waals surface area contributed by atoms with Crippen molar-refractivity contribution in [3.8, 4) is 5.88 Å². The van der Waals surface area contributed by atoms with E-state index in [1.54, 1.807) is 22.2 Å². The summed E-state index contributed by atoms with van der Waals surface area (Å²) >= 11 is 1.65. The van der Waals surface area contributed by atoms with Crippen molar-refractivity contribution in [1.82, 2.24) is 9.78 Å². The predicted molar refractivity (Wildman–Crippen MR) is 56.3 cm³/mol. The molecule has 0 fully saturated rings. The maximum absolute atomic E-state index is 5.68. The van der Waals surface area contributed by atoms with E-state index < -0.39 is 0 Å². The number of rotatable bonds is 3. The number of aromatic nitrogens is 2. The fourth-order valence-electron chi connectivity index (χ4n) is 1.13. The van der Waals surface area contributed by atoms with E-state index in [4.69, 9.17) is 10.5 Å². The van der Waals surface area contributed by atoms with Gasteiger partial charge in [0.05, 0.1) is 6.20 Å². The maximum Gasteiger partial charge on any atom is 0.256 e. The summed E-state index contributed by atoms with van der Waals surface area (Å²) in [7, 11) is 1.81. The molecule has 2 aromatic heterocycles. The van der Waals surface area contributed by atoms with Crippen molar-refractivity contribution in [2.24, 2.45) is 7.05 Å². The average Bonchev–Trinajstić information content (AvgIpc) is 2.72. The van der Waals surface area contributed by atoms with E-state index in [1.807, 2.05) is 24.6 Å². The highest BCUT2D eigenvalue weighted by Crippen LogP contribution is 2.19. The van der Waals surface area contributed by atoms with Gasteiger partial charge in [0.2, 0.25) is 0 Å². The summed E-state index contributed by atoms with van der Waals surface area (Å²) in [6.07, 6.45) is 1.73. The van der Waals surface area contributed by atoms with Gasteiger partial charge < -0.3 is 10.5 Å². The monoisotopic (exact) mass is 209 g/mol. The summed E-state index contributed by atoms with van der Waals surface area (Å²) in [5.41, 5.74) is 6.25. The smallest absolute Gasteiger partial charge is 0.256 e. The lowest BCUT2D eigenvalue weighted by Gasteiger charge is -2.00. The summed E-state index contributed by atoms with van der Waals surface area (Å²) < 4.78 is 7.09. The normalized spacial score (nSPS) is 10.4. The van der Waals surface area contributed by atoms with E-state index in [0.717, 1.165) is 4.88 Å². The van der Waals surface area contributed by atoms with Gasteiger partial charge in [-0.25, -0.2) is 0 Å². The summed E-state index contributed by atoms with van der Waals surface area (Å²) in [6.45, 7) is 0.527. The lowest BCUT2D eigenvalue weighted by Crippen LogP contribution is -1.96. The summed E-state index contributed by atoms with van der Waals surface area (Å²) in [4.78, 5) is 1.16. The van der Waals surface area contributed by atoms with E-state index in [9.17, 15) is 0 Å². The largest absolute Gasteiger partial charge is 0.469 e. The van der Waals surface area contributed by atoms with E-state index in [0.29, 0.717) is 18.2 Å². The van der Waals surface area contributed by atoms with Crippen molar-refractivity contribution >= 4 is 17.0 Å². The van der Waals surface area contributed by atoms with E-state index in [-0.39, 0.29) is 0 Å². The molecule has 4 nitrogen and oxygen atoms in total. The minimum Gasteiger partial charge on any atom is -0.469 e. The van der Waals surface area contributed by atoms with Crippen LogP contribution in [0.4, 0.5) is 5.69 Å². The van der Waals surface area contributed by atoms with Crippen molar-refractivity contribution < 1.29 is 4.74 Å². The third kappa shape index (κ3) is 1.88. The van der Waals surface area contributed by atoms with Crippen molar-refractivity contribution in [2.75, 3.05) is 5.73 Å². The second-order valence-electron chi connectivity index (χ2n) is 2.93. The Morgan fingerprint density at radius 1 is 1.64 bits per heavy atom. The lowest BCUT2D eigenvalue weighted by atomic mass is 10.5. The van der Waals surface area contributed by atoms with Gasteiger partial charge in [0.25, 0.3) is 5.88 Å². The molecule has 0 saturated carbocycles. The van der Waals surface area contributed by atoms with Gasteiger partial charge in [-0.1, -0.05) is 6.07 Å². The van der Waals surface area contributed by atoms with Crippen LogP contribution in [0.5, 0.6) is 5.88 Å². The first-order chi connectivity index (χ1) is 6.75. The van der Waals surface area contributed by atoms with E-state index in [2.05, 4.69) is 5.10 Å². The fraction of sp³-hybridized carbons (Fsp3) is 0.222. The number of hydrogen-bond donors (Lipinski definition) is 1. The second kappa shape index (κ2) is 3.71. The van der Waals surface area contributed by atoms with Gasteiger partial charge in [0, 0.05) is 11.9 Å². The molecule has 74 valence electrons. The molecule has 5 heteroatoms. The van der Waals surface area contributed by atoms with Crippen LogP contribution in [0, 0.1) is 0 Å². The molecule has 0 amide bonds. The van der Waals surface area contributed by atoms with E-state index in [1.165, 1.54) is 0 Å². The highest BCUT2D eigenvalue weighted by atomic mass is 32.1. The number of anilines is 1. The molecule has 0 atom stereocenters. The SMILES string of the molecule is Cn1cc(N)c(OCc2cccs2)n1. The first kappa shape index (κ1) is 9.08. The molecule has 14 heavy (non-hydrogen) atoms. The van der Waals surface area contributed by atoms with E-state index >= 15 is 0 Å². The fourth-order valence-corrected chi connectivity index (χ4v) is 1.75. The minimum atomic E-state index is 0.501. The van der Waals surface area contributed by atoms with Crippen LogP contribution >= 0.6 is 11.3 Å². The number of nitrogen functional groups attached to an aromatic ring is 1. The number of aryl methyl sites for hydroxylation is 1. The van der Waals surface area contributed by atoms with Crippen molar-refractivity contribution in [3.63, 3.8) is 0 Å². The molecule has 0 aliphatic rings. The summed E-state index contributed by atoms with van der Waals surface area (Å²) in [5, 5.41) is 6.10. The molecule has 0 radical (unpaired) electrons. The Balaban J connectivity index is 2.01. The topological polar surface area (TPSA) is 53.1 Å². The zero-order chi connectivity index (χ0) is 9.97. The van der Waals surface area contributed by atoms with Crippen LogP contribution in [-0.4, -0.2) is 9.78 Å². The quantitative estimate of drug-likeness (QED) is 0.836. The van der Waals surface area contributed by atoms with Crippen LogP contribution in [0.15, 0.2) is 23.7 Å². The molecule has 0 unspecified atom stereocenters. The maximum atomic E-state index is 5.68. The Morgan fingerprint density at radius 2 is 2.50 bits per heavy atom. The van der Waals surface area contributed by atoms with Crippen molar-refractivity contribution in [3.05, 3.63) is 28.6 Å². The molecule has 2 N–H and O–H groups in total.